The number of hydrogen-bond acceptors (Lipinski definition) is 4. The number of Topliss-reactive ketones (excluding diaryl/α,β-unsaturated/α-hetero) is 1. The van der Waals surface area contributed by atoms with Crippen molar-refractivity contribution in [3.05, 3.63) is 23.3 Å². The number of hydrogen-bond donors (Lipinski definition) is 1. The maximum atomic E-state index is 14.5. The van der Waals surface area contributed by atoms with E-state index < -0.39 is 40.5 Å². The number of allylic oxidation sites excluding steroid dienone is 4. The standard InChI is InChI=1S/C33H44F2N2O3/c1-18-8-11-33(28(40)37-17-24(34)35)13-12-32(7)26(25(33)19(18)2)21(38)14-23-30(5)15-20(16-36)27(39)29(3,4)22(30)9-10-31(23,32)6/h14-15,18-19,22,24-26H,8-13,17H2,1-7H3,(H,37,40)/t18-,19+,22+,25+,26-,30+,31-,32-,33+/m1/s1. The van der Waals surface area contributed by atoms with Crippen molar-refractivity contribution in [2.24, 2.45) is 56.7 Å². The Morgan fingerprint density at radius 1 is 1.07 bits per heavy atom. The first-order valence-corrected chi connectivity index (χ1v) is 15.0. The van der Waals surface area contributed by atoms with Gasteiger partial charge in [-0.05, 0) is 79.1 Å². The molecule has 0 heterocycles. The Hall–Kier alpha value is -2.36. The van der Waals surface area contributed by atoms with Gasteiger partial charge in [0, 0.05) is 16.7 Å². The molecule has 40 heavy (non-hydrogen) atoms. The second-order valence-corrected chi connectivity index (χ2v) is 14.9. The van der Waals surface area contributed by atoms with Crippen LogP contribution < -0.4 is 5.32 Å². The van der Waals surface area contributed by atoms with Crippen molar-refractivity contribution in [1.29, 1.82) is 5.26 Å². The van der Waals surface area contributed by atoms with E-state index in [0.717, 1.165) is 24.8 Å². The van der Waals surface area contributed by atoms with E-state index in [1.165, 1.54) is 0 Å². The lowest BCUT2D eigenvalue weighted by atomic mass is 9.34. The maximum absolute atomic E-state index is 14.5. The molecule has 0 saturated heterocycles. The number of alkyl halides is 2. The van der Waals surface area contributed by atoms with E-state index >= 15 is 0 Å². The Morgan fingerprint density at radius 2 is 1.75 bits per heavy atom. The Bertz CT molecular complexity index is 1260. The molecule has 7 heteroatoms. The number of carbonyl (C=O) groups is 3. The van der Waals surface area contributed by atoms with Crippen LogP contribution in [0.15, 0.2) is 23.3 Å². The van der Waals surface area contributed by atoms with Gasteiger partial charge in [-0.3, -0.25) is 14.4 Å². The number of nitriles is 1. The minimum Gasteiger partial charge on any atom is -0.350 e. The third kappa shape index (κ3) is 3.56. The zero-order valence-corrected chi connectivity index (χ0v) is 25.0. The SMILES string of the molecule is C[C@@H]1[C@H]2[C@H]3C(=O)C=C4[C@@]5(C)C=C(C#N)C(=O)C(C)(C)[C@@H]5CC[C@@]4(C)[C@]3(C)CC[C@@]2(C(=O)NCC(F)F)CC[C@H]1C. The van der Waals surface area contributed by atoms with E-state index in [4.69, 9.17) is 0 Å². The summed E-state index contributed by atoms with van der Waals surface area (Å²) in [6.45, 7) is 14.1. The quantitative estimate of drug-likeness (QED) is 0.435. The van der Waals surface area contributed by atoms with Crippen molar-refractivity contribution in [3.63, 3.8) is 0 Å². The fraction of sp³-hybridized carbons (Fsp3) is 0.758. The summed E-state index contributed by atoms with van der Waals surface area (Å²) >= 11 is 0. The van der Waals surface area contributed by atoms with Gasteiger partial charge in [0.25, 0.3) is 6.43 Å². The van der Waals surface area contributed by atoms with Crippen LogP contribution in [0.5, 0.6) is 0 Å². The first-order valence-electron chi connectivity index (χ1n) is 15.0. The first kappa shape index (κ1) is 29.1. The highest BCUT2D eigenvalue weighted by Gasteiger charge is 2.71. The smallest absolute Gasteiger partial charge is 0.255 e. The van der Waals surface area contributed by atoms with Crippen LogP contribution in [0.25, 0.3) is 0 Å². The summed E-state index contributed by atoms with van der Waals surface area (Å²) in [4.78, 5) is 41.4. The summed E-state index contributed by atoms with van der Waals surface area (Å²) in [7, 11) is 0. The predicted octanol–water partition coefficient (Wildman–Crippen LogP) is 6.44. The van der Waals surface area contributed by atoms with Crippen molar-refractivity contribution in [2.45, 2.75) is 93.4 Å². The van der Waals surface area contributed by atoms with E-state index in [9.17, 15) is 28.4 Å². The summed E-state index contributed by atoms with van der Waals surface area (Å²) < 4.78 is 26.3. The summed E-state index contributed by atoms with van der Waals surface area (Å²) in [5.41, 5.74) is -1.83. The number of fused-ring (bicyclic) bond motifs is 7. The molecule has 5 aliphatic rings. The molecule has 1 N–H and O–H groups in total. The molecule has 3 fully saturated rings. The van der Waals surface area contributed by atoms with Crippen molar-refractivity contribution in [1.82, 2.24) is 5.32 Å². The monoisotopic (exact) mass is 554 g/mol. The van der Waals surface area contributed by atoms with Gasteiger partial charge in [0.15, 0.2) is 11.6 Å². The van der Waals surface area contributed by atoms with Crippen LogP contribution in [0, 0.1) is 68.0 Å². The minimum absolute atomic E-state index is 0.00940. The molecule has 3 saturated carbocycles. The second kappa shape index (κ2) is 9.07. The molecule has 0 spiro atoms. The van der Waals surface area contributed by atoms with Crippen LogP contribution in [0.1, 0.15) is 87.0 Å². The van der Waals surface area contributed by atoms with Crippen LogP contribution in [0.3, 0.4) is 0 Å². The average molecular weight is 555 g/mol. The highest BCUT2D eigenvalue weighted by Crippen LogP contribution is 2.74. The normalized spacial score (nSPS) is 45.7. The van der Waals surface area contributed by atoms with E-state index in [0.29, 0.717) is 25.2 Å². The third-order valence-electron chi connectivity index (χ3n) is 13.1. The first-order chi connectivity index (χ1) is 18.5. The summed E-state index contributed by atoms with van der Waals surface area (Å²) in [5, 5.41) is 12.4. The number of nitrogens with zero attached hydrogens (tertiary/aromatic N) is 1. The molecular weight excluding hydrogens is 510 g/mol. The fourth-order valence-corrected chi connectivity index (χ4v) is 10.6. The molecule has 5 nitrogen and oxygen atoms in total. The zero-order valence-electron chi connectivity index (χ0n) is 25.0. The van der Waals surface area contributed by atoms with Crippen LogP contribution in [-0.4, -0.2) is 30.4 Å². The molecule has 0 unspecified atom stereocenters. The van der Waals surface area contributed by atoms with Gasteiger partial charge in [-0.1, -0.05) is 60.1 Å². The molecule has 5 aliphatic carbocycles. The molecule has 0 aromatic heterocycles. The molecule has 0 aromatic rings. The molecule has 1 amide bonds. The van der Waals surface area contributed by atoms with Gasteiger partial charge < -0.3 is 5.32 Å². The maximum Gasteiger partial charge on any atom is 0.255 e. The molecule has 0 bridgehead atoms. The molecule has 218 valence electrons. The van der Waals surface area contributed by atoms with Gasteiger partial charge in [0.05, 0.1) is 17.5 Å². The van der Waals surface area contributed by atoms with Crippen molar-refractivity contribution in [2.75, 3.05) is 6.54 Å². The molecule has 0 radical (unpaired) electrons. The molecular formula is C33H44F2N2O3. The van der Waals surface area contributed by atoms with Gasteiger partial charge in [-0.15, -0.1) is 0 Å². The zero-order chi connectivity index (χ0) is 29.6. The van der Waals surface area contributed by atoms with Crippen LogP contribution >= 0.6 is 0 Å². The summed E-state index contributed by atoms with van der Waals surface area (Å²) in [6, 6.07) is 2.14. The van der Waals surface area contributed by atoms with Crippen molar-refractivity contribution < 1.29 is 23.2 Å². The van der Waals surface area contributed by atoms with Crippen molar-refractivity contribution >= 4 is 17.5 Å². The lowest BCUT2D eigenvalue weighted by Crippen LogP contribution is -2.67. The molecule has 0 aromatic carbocycles. The van der Waals surface area contributed by atoms with E-state index in [1.54, 1.807) is 0 Å². The summed E-state index contributed by atoms with van der Waals surface area (Å²) in [6.07, 6.45) is 5.29. The van der Waals surface area contributed by atoms with Crippen molar-refractivity contribution in [3.8, 4) is 6.07 Å². The molecule has 9 atom stereocenters. The van der Waals surface area contributed by atoms with Crippen LogP contribution in [0.2, 0.25) is 0 Å². The minimum atomic E-state index is -2.62. The van der Waals surface area contributed by atoms with E-state index in [-0.39, 0.29) is 46.2 Å². The van der Waals surface area contributed by atoms with Gasteiger partial charge in [-0.25, -0.2) is 8.78 Å². The Labute approximate surface area is 237 Å². The van der Waals surface area contributed by atoms with E-state index in [2.05, 4.69) is 46.0 Å². The Balaban J connectivity index is 1.67. The van der Waals surface area contributed by atoms with Gasteiger partial charge in [0.2, 0.25) is 5.91 Å². The van der Waals surface area contributed by atoms with Gasteiger partial charge >= 0.3 is 0 Å². The lowest BCUT2D eigenvalue weighted by Gasteiger charge is -2.69. The largest absolute Gasteiger partial charge is 0.350 e. The number of nitrogens with one attached hydrogen (secondary N) is 1. The Morgan fingerprint density at radius 3 is 2.38 bits per heavy atom. The van der Waals surface area contributed by atoms with Crippen LogP contribution in [-0.2, 0) is 14.4 Å². The number of halogens is 2. The van der Waals surface area contributed by atoms with Gasteiger partial charge in [0.1, 0.15) is 6.07 Å². The number of ketones is 2. The number of carbonyl (C=O) groups excluding carboxylic acids is 3. The highest BCUT2D eigenvalue weighted by atomic mass is 19.3. The number of rotatable bonds is 3. The molecule has 0 aliphatic heterocycles. The van der Waals surface area contributed by atoms with Gasteiger partial charge in [-0.2, -0.15) is 5.26 Å². The Kier molecular flexibility index (Phi) is 6.61. The average Bonchev–Trinajstić information content (AvgIpc) is 2.88. The fourth-order valence-electron chi connectivity index (χ4n) is 10.6. The number of amides is 1. The van der Waals surface area contributed by atoms with Crippen LogP contribution in [0.4, 0.5) is 8.78 Å². The lowest BCUT2D eigenvalue weighted by molar-refractivity contribution is -0.183. The third-order valence-corrected chi connectivity index (χ3v) is 13.1. The highest BCUT2D eigenvalue weighted by molar-refractivity contribution is 6.04. The second-order valence-electron chi connectivity index (χ2n) is 14.9. The van der Waals surface area contributed by atoms with E-state index in [1.807, 2.05) is 26.0 Å². The summed E-state index contributed by atoms with van der Waals surface area (Å²) in [5.74, 6) is -0.720. The molecule has 5 rings (SSSR count). The predicted molar refractivity (Wildman–Crippen MR) is 148 cm³/mol. The topological polar surface area (TPSA) is 87.0 Å².